The van der Waals surface area contributed by atoms with Crippen LogP contribution < -0.4 is 0 Å². The maximum atomic E-state index is 14.8. The summed E-state index contributed by atoms with van der Waals surface area (Å²) in [5.74, 6) is -10.1. The van der Waals surface area contributed by atoms with E-state index >= 15 is 0 Å². The van der Waals surface area contributed by atoms with Gasteiger partial charge in [-0.2, -0.15) is 4.68 Å². The number of cyclic esters (lactones) is 2. The van der Waals surface area contributed by atoms with Gasteiger partial charge >= 0.3 is 24.1 Å². The summed E-state index contributed by atoms with van der Waals surface area (Å²) in [6, 6.07) is 15.4. The van der Waals surface area contributed by atoms with Crippen molar-refractivity contribution in [1.82, 2.24) is 64.6 Å². The lowest BCUT2D eigenvalue weighted by Crippen LogP contribution is -2.60. The van der Waals surface area contributed by atoms with Gasteiger partial charge < -0.3 is 77.2 Å². The Kier molecular flexibility index (Phi) is 33.3. The standard InChI is InChI=1S/C44H66N8O10.C35H59N5O10.C8H5N3/c1-12-34-44(8)38(51(42(57)62-44)20-16-15-19-50-23-30(45-47-50)24-52-32-18-14-13-17-31(32)46-48-52)27(4)35(53)25(2)22-43(7,58-11)39(28(5)36(54)29(6)40(56)60-34)61-41-37(55)33(49(9)10)21-26(3)59-41;1-12-25-35(8)29(40(33(45)50-35)16-14-13-15-37-38-36)21(4)26(41)19(2)18-34(7,46-11)30(22(5)27(42)23(6)31(44)48-25)49-32-28(43)24(39(9)10)17-20(3)47-32;1-2-11-8-6-4-3-5-7(8)9-10-11/h13-14,17-18,23,25-29,33-34,37-39,41,55H,12,15-16,19-22,24H2,1-11H3;19-25,28-30,32,43H,12-18H2,1-11H3;1,3-6H/t25-,26?,27+,28+,29-,33?,34-,37?,38-,39-,41?,43+,44-;19-,20?,21+,22+,23-,24?,25-,28?,29-,30-,32?,34+,35-;/m11./s1. The Morgan fingerprint density at radius 2 is 1.00 bits per heavy atom. The highest BCUT2D eigenvalue weighted by Gasteiger charge is 2.63. The number of rotatable bonds is 22. The molecule has 11 rings (SSSR count). The number of unbranched alkanes of at least 4 members (excludes halogenated alkanes) is 2. The van der Waals surface area contributed by atoms with Gasteiger partial charge in [0.1, 0.15) is 70.1 Å². The number of terminal acetylenes is 1. The monoisotopic (exact) mass is 1720 g/mol. The van der Waals surface area contributed by atoms with Crippen molar-refractivity contribution in [2.75, 3.05) is 62.0 Å². The van der Waals surface area contributed by atoms with Gasteiger partial charge in [-0.1, -0.05) is 107 Å². The summed E-state index contributed by atoms with van der Waals surface area (Å²) in [5.41, 5.74) is 7.38. The molecule has 0 spiro atoms. The number of Topliss-reactive ketones (excluding diaryl/α,β-unsaturated/α-hetero) is 4. The first-order valence-corrected chi connectivity index (χ1v) is 43.0. The molecule has 3 aromatic heterocycles. The Hall–Kier alpha value is -8.99. The molecule has 0 saturated carbocycles. The summed E-state index contributed by atoms with van der Waals surface area (Å²) in [7, 11) is 10.4. The molecule has 26 atom stereocenters. The van der Waals surface area contributed by atoms with Gasteiger partial charge in [-0.15, -0.1) is 15.3 Å². The van der Waals surface area contributed by atoms with Crippen LogP contribution >= 0.6 is 0 Å². The number of hydrogen-bond donors (Lipinski definition) is 2. The van der Waals surface area contributed by atoms with E-state index in [0.717, 1.165) is 27.8 Å². The predicted molar refractivity (Wildman–Crippen MR) is 450 cm³/mol. The van der Waals surface area contributed by atoms with Gasteiger partial charge in [0, 0.05) is 98.9 Å². The average molecular weight is 1720 g/mol. The normalized spacial score (nSPS) is 35.1. The number of aliphatic hydroxyl groups excluding tert-OH is 2. The highest BCUT2D eigenvalue weighted by atomic mass is 16.7. The fourth-order valence-corrected chi connectivity index (χ4v) is 19.2. The Labute approximate surface area is 720 Å². The molecule has 0 aliphatic carbocycles. The second kappa shape index (κ2) is 41.9. The minimum Gasteiger partial charge on any atom is -0.458 e. The third-order valence-electron chi connectivity index (χ3n) is 26.1. The van der Waals surface area contributed by atoms with E-state index in [2.05, 4.69) is 47.0 Å². The van der Waals surface area contributed by atoms with Crippen molar-refractivity contribution in [3.05, 3.63) is 70.9 Å². The fourth-order valence-electron chi connectivity index (χ4n) is 19.2. The lowest BCUT2D eigenvalue weighted by atomic mass is 9.73. The van der Waals surface area contributed by atoms with E-state index in [0.29, 0.717) is 51.6 Å². The number of methoxy groups -OCH3 is 2. The van der Waals surface area contributed by atoms with Crippen molar-refractivity contribution < 1.29 is 95.9 Å². The second-order valence-electron chi connectivity index (χ2n) is 35.5. The van der Waals surface area contributed by atoms with Gasteiger partial charge in [0.2, 0.25) is 0 Å². The molecule has 123 heavy (non-hydrogen) atoms. The zero-order valence-corrected chi connectivity index (χ0v) is 75.5. The lowest BCUT2D eigenvalue weighted by Gasteiger charge is -2.47. The highest BCUT2D eigenvalue weighted by molar-refractivity contribution is 6.01. The molecular weight excluding hydrogens is 1590 g/mol. The van der Waals surface area contributed by atoms with Crippen LogP contribution in [0.5, 0.6) is 0 Å². The van der Waals surface area contributed by atoms with E-state index in [1.807, 2.05) is 113 Å². The molecule has 678 valence electrons. The molecule has 0 radical (unpaired) electrons. The number of aliphatic hydroxyl groups is 2. The SMILES string of the molecule is C#Cn1nnc2ccccc21.CC[C@H]1OC(=O)[C@H](C)C(=O)[C@H](C)[C@@H](OC2OC(C)CC(N(C)C)C2O)[C@@](C)(OC)C[C@@H](C)C(=O)[C@H](C)[C@H]2N(CCCCN=[N+]=[N-])C(=O)O[C@]12C.CC[C@H]1OC(=O)[C@H](C)C(=O)[C@H](C)[C@@H](OC2OC(C)CC(N(C)C)C2O)[C@@](C)(OC)C[C@@H](C)C(=O)[C@H](C)[C@H]2N(CCCCn3cc(Cn4nnc5ccccc54)nn3)C(=O)O[C@]12C. The summed E-state index contributed by atoms with van der Waals surface area (Å²) in [6.45, 7) is 29.3. The molecule has 6 aliphatic heterocycles. The van der Waals surface area contributed by atoms with Crippen molar-refractivity contribution in [2.45, 2.75) is 296 Å². The van der Waals surface area contributed by atoms with Crippen LogP contribution in [0.1, 0.15) is 181 Å². The van der Waals surface area contributed by atoms with E-state index in [-0.39, 0.29) is 81.2 Å². The summed E-state index contributed by atoms with van der Waals surface area (Å²) in [6.07, 6.45) is 0.876. The van der Waals surface area contributed by atoms with Crippen LogP contribution in [0.2, 0.25) is 0 Å². The quantitative estimate of drug-likeness (QED) is 0.00952. The van der Waals surface area contributed by atoms with E-state index in [4.69, 9.17) is 59.3 Å². The number of fused-ring (bicyclic) bond motifs is 4. The number of aromatic nitrogens is 9. The first-order valence-electron chi connectivity index (χ1n) is 43.0. The summed E-state index contributed by atoms with van der Waals surface area (Å²) < 4.78 is 67.0. The minimum atomic E-state index is -1.43. The predicted octanol–water partition coefficient (Wildman–Crippen LogP) is 9.21. The molecule has 8 unspecified atom stereocenters. The third kappa shape index (κ3) is 21.6. The van der Waals surface area contributed by atoms with Gasteiger partial charge in [-0.25, -0.2) is 14.3 Å². The molecule has 2 aromatic carbocycles. The van der Waals surface area contributed by atoms with Crippen LogP contribution in [-0.2, 0) is 89.2 Å². The zero-order chi connectivity index (χ0) is 90.7. The average Bonchev–Trinajstić information content (AvgIpc) is 1.57. The maximum absolute atomic E-state index is 14.8. The number of hydrogen-bond acceptors (Lipinski definition) is 29. The number of amides is 2. The number of ether oxygens (including phenoxy) is 10. The minimum absolute atomic E-state index is 0.116. The second-order valence-corrected chi connectivity index (χ2v) is 35.5. The van der Waals surface area contributed by atoms with Crippen LogP contribution in [-0.4, -0.2) is 292 Å². The summed E-state index contributed by atoms with van der Waals surface area (Å²) in [4.78, 5) is 123. The summed E-state index contributed by atoms with van der Waals surface area (Å²) in [5, 5.41) is 51.1. The van der Waals surface area contributed by atoms with Crippen molar-refractivity contribution >= 4 is 69.3 Å². The van der Waals surface area contributed by atoms with Crippen LogP contribution in [0.3, 0.4) is 0 Å². The van der Waals surface area contributed by atoms with E-state index in [1.165, 1.54) is 37.6 Å². The van der Waals surface area contributed by atoms with Crippen molar-refractivity contribution in [3.63, 3.8) is 0 Å². The van der Waals surface area contributed by atoms with E-state index in [1.54, 1.807) is 90.4 Å². The van der Waals surface area contributed by atoms with Gasteiger partial charge in [-0.3, -0.25) is 33.4 Å². The smallest absolute Gasteiger partial charge is 0.410 e. The number of carbonyl (C=O) groups is 8. The number of azide groups is 1. The molecular formula is C87H130N16O20. The number of benzene rings is 2. The Bertz CT molecular complexity index is 4570. The van der Waals surface area contributed by atoms with Crippen molar-refractivity contribution in [2.24, 2.45) is 52.5 Å². The van der Waals surface area contributed by atoms with E-state index in [9.17, 15) is 48.6 Å². The molecule has 6 aliphatic rings. The van der Waals surface area contributed by atoms with Crippen LogP contribution in [0, 0.1) is 59.8 Å². The number of esters is 2. The van der Waals surface area contributed by atoms with Crippen molar-refractivity contribution in [1.29, 1.82) is 0 Å². The molecule has 6 fully saturated rings. The van der Waals surface area contributed by atoms with Gasteiger partial charge in [0.05, 0.1) is 66.0 Å². The number of nitrogens with zero attached hydrogens (tertiary/aromatic N) is 16. The third-order valence-corrected chi connectivity index (χ3v) is 26.1. The van der Waals surface area contributed by atoms with Gasteiger partial charge in [0.25, 0.3) is 0 Å². The van der Waals surface area contributed by atoms with Crippen LogP contribution in [0.4, 0.5) is 9.59 Å². The maximum Gasteiger partial charge on any atom is 0.410 e. The van der Waals surface area contributed by atoms with Crippen LogP contribution in [0.15, 0.2) is 59.8 Å². The number of carbonyl (C=O) groups excluding carboxylic acids is 8. The fraction of sp³-hybridized carbons (Fsp3) is 0.724. The molecule has 0 bridgehead atoms. The lowest BCUT2D eigenvalue weighted by molar-refractivity contribution is -0.295. The topological polar surface area (TPSA) is 423 Å². The number of aryl methyl sites for hydroxylation is 1. The number of ketones is 4. The molecule has 6 saturated heterocycles. The first kappa shape index (κ1) is 97.8. The first-order chi connectivity index (χ1) is 58.1. The number of likely N-dealkylation sites (N-methyl/N-ethyl adjacent to an activating group) is 2. The van der Waals surface area contributed by atoms with Crippen molar-refractivity contribution in [3.8, 4) is 12.5 Å². The molecule has 2 N–H and O–H groups in total. The van der Waals surface area contributed by atoms with E-state index < -0.39 is 167 Å². The molecule has 36 heteroatoms. The summed E-state index contributed by atoms with van der Waals surface area (Å²) >= 11 is 0. The number of para-hydroxylation sites is 2. The molecule has 36 nitrogen and oxygen atoms in total. The molecule has 2 amide bonds. The Balaban J connectivity index is 0.000000251. The highest BCUT2D eigenvalue weighted by Crippen LogP contribution is 2.47. The Morgan fingerprint density at radius 3 is 1.43 bits per heavy atom. The zero-order valence-electron chi connectivity index (χ0n) is 75.5. The van der Waals surface area contributed by atoms with Gasteiger partial charge in [0.15, 0.2) is 35.3 Å². The molecule has 9 heterocycles. The largest absolute Gasteiger partial charge is 0.458 e. The van der Waals surface area contributed by atoms with Gasteiger partial charge in [-0.05, 0) is 178 Å². The molecule has 5 aromatic rings. The van der Waals surface area contributed by atoms with Crippen LogP contribution in [0.25, 0.3) is 32.5 Å². The Morgan fingerprint density at radius 1 is 0.577 bits per heavy atom.